The van der Waals surface area contributed by atoms with Gasteiger partial charge in [0.15, 0.2) is 0 Å². The predicted molar refractivity (Wildman–Crippen MR) is 77.7 cm³/mol. The van der Waals surface area contributed by atoms with E-state index in [-0.39, 0.29) is 36.8 Å². The average Bonchev–Trinajstić information content (AvgIpc) is 2.42. The van der Waals surface area contributed by atoms with Gasteiger partial charge in [-0.1, -0.05) is 30.3 Å². The summed E-state index contributed by atoms with van der Waals surface area (Å²) in [6, 6.07) is 9.81. The molecule has 0 unspecified atom stereocenters. The molecule has 0 bridgehead atoms. The Kier molecular flexibility index (Phi) is 5.33. The highest BCUT2D eigenvalue weighted by Gasteiger charge is 2.34. The van der Waals surface area contributed by atoms with Gasteiger partial charge in [-0.25, -0.2) is 0 Å². The number of carbonyl (C=O) groups excluding carboxylic acids is 1. The fourth-order valence-corrected chi connectivity index (χ4v) is 2.66. The number of aliphatic carboxylic acids is 1. The fourth-order valence-electron chi connectivity index (χ4n) is 2.66. The van der Waals surface area contributed by atoms with E-state index in [1.54, 1.807) is 0 Å². The molecule has 3 N–H and O–H groups in total. The van der Waals surface area contributed by atoms with Crippen molar-refractivity contribution in [2.45, 2.75) is 44.2 Å². The Labute approximate surface area is 124 Å². The van der Waals surface area contributed by atoms with Gasteiger partial charge in [-0.15, -0.1) is 0 Å². The van der Waals surface area contributed by atoms with Gasteiger partial charge < -0.3 is 15.5 Å². The summed E-state index contributed by atoms with van der Waals surface area (Å²) in [6.07, 6.45) is 1.65. The van der Waals surface area contributed by atoms with Crippen molar-refractivity contribution >= 4 is 11.9 Å². The van der Waals surface area contributed by atoms with Gasteiger partial charge in [0.1, 0.15) is 0 Å². The normalized spacial score (nSPS) is 22.1. The number of nitrogens with one attached hydrogen (secondary N) is 1. The van der Waals surface area contributed by atoms with Crippen LogP contribution in [-0.2, 0) is 16.0 Å². The maximum absolute atomic E-state index is 11.8. The molecule has 1 amide bonds. The Morgan fingerprint density at radius 3 is 2.43 bits per heavy atom. The Morgan fingerprint density at radius 2 is 1.86 bits per heavy atom. The molecule has 1 aliphatic rings. The molecule has 0 aliphatic heterocycles. The third kappa shape index (κ3) is 4.86. The van der Waals surface area contributed by atoms with Crippen molar-refractivity contribution < 1.29 is 19.8 Å². The lowest BCUT2D eigenvalue weighted by atomic mass is 9.75. The average molecular weight is 291 g/mol. The van der Waals surface area contributed by atoms with E-state index < -0.39 is 5.97 Å². The Bertz CT molecular complexity index is 482. The van der Waals surface area contributed by atoms with Crippen LogP contribution >= 0.6 is 0 Å². The van der Waals surface area contributed by atoms with Crippen LogP contribution in [0.4, 0.5) is 0 Å². The molecule has 0 radical (unpaired) electrons. The summed E-state index contributed by atoms with van der Waals surface area (Å²) in [6.45, 7) is 0. The van der Waals surface area contributed by atoms with E-state index in [2.05, 4.69) is 5.32 Å². The Balaban J connectivity index is 1.92. The molecule has 1 atom stereocenters. The van der Waals surface area contributed by atoms with Crippen molar-refractivity contribution in [2.24, 2.45) is 5.92 Å². The van der Waals surface area contributed by atoms with Crippen LogP contribution in [0.2, 0.25) is 0 Å². The van der Waals surface area contributed by atoms with E-state index in [1.807, 2.05) is 30.3 Å². The second-order valence-electron chi connectivity index (χ2n) is 5.64. The zero-order valence-electron chi connectivity index (χ0n) is 11.9. The molecular formula is C16H21NO4. The standard InChI is InChI=1S/C16H21NO4/c18-13-9-12(10-13)14(8-11-4-2-1-3-5-11)17-15(19)6-7-16(20)21/h1-5,12-14,18H,6-10H2,(H,17,19)(H,20,21)/t12?,13?,14-/m0/s1. The van der Waals surface area contributed by atoms with E-state index >= 15 is 0 Å². The summed E-state index contributed by atoms with van der Waals surface area (Å²) in [5.41, 5.74) is 1.13. The zero-order valence-corrected chi connectivity index (χ0v) is 11.9. The summed E-state index contributed by atoms with van der Waals surface area (Å²) >= 11 is 0. The number of benzene rings is 1. The van der Waals surface area contributed by atoms with Crippen LogP contribution in [-0.4, -0.2) is 34.2 Å². The maximum atomic E-state index is 11.8. The van der Waals surface area contributed by atoms with Crippen LogP contribution < -0.4 is 5.32 Å². The van der Waals surface area contributed by atoms with Crippen LogP contribution in [0.15, 0.2) is 30.3 Å². The second kappa shape index (κ2) is 7.22. The molecule has 1 fully saturated rings. The van der Waals surface area contributed by atoms with Crippen molar-refractivity contribution in [3.05, 3.63) is 35.9 Å². The summed E-state index contributed by atoms with van der Waals surface area (Å²) in [4.78, 5) is 22.3. The van der Waals surface area contributed by atoms with E-state index in [4.69, 9.17) is 5.11 Å². The summed E-state index contributed by atoms with van der Waals surface area (Å²) < 4.78 is 0. The number of rotatable bonds is 7. The first kappa shape index (κ1) is 15.5. The molecule has 5 nitrogen and oxygen atoms in total. The van der Waals surface area contributed by atoms with Gasteiger partial charge in [0.2, 0.25) is 5.91 Å². The van der Waals surface area contributed by atoms with Gasteiger partial charge in [0.25, 0.3) is 0 Å². The molecule has 114 valence electrons. The molecule has 21 heavy (non-hydrogen) atoms. The molecule has 0 saturated heterocycles. The Hall–Kier alpha value is -1.88. The number of aliphatic hydroxyl groups is 1. The number of amides is 1. The minimum absolute atomic E-state index is 0.00407. The topological polar surface area (TPSA) is 86.6 Å². The fraction of sp³-hybridized carbons (Fsp3) is 0.500. The molecular weight excluding hydrogens is 270 g/mol. The minimum Gasteiger partial charge on any atom is -0.481 e. The van der Waals surface area contributed by atoms with Crippen molar-refractivity contribution in [2.75, 3.05) is 0 Å². The first-order chi connectivity index (χ1) is 10.0. The smallest absolute Gasteiger partial charge is 0.303 e. The number of carboxylic acids is 1. The highest BCUT2D eigenvalue weighted by molar-refractivity contribution is 5.80. The van der Waals surface area contributed by atoms with Crippen molar-refractivity contribution in [1.82, 2.24) is 5.32 Å². The molecule has 5 heteroatoms. The molecule has 1 aromatic rings. The Morgan fingerprint density at radius 1 is 1.19 bits per heavy atom. The molecule has 1 saturated carbocycles. The van der Waals surface area contributed by atoms with Gasteiger partial charge >= 0.3 is 5.97 Å². The van der Waals surface area contributed by atoms with Crippen molar-refractivity contribution in [3.8, 4) is 0 Å². The lowest BCUT2D eigenvalue weighted by Crippen LogP contribution is -2.48. The van der Waals surface area contributed by atoms with Crippen LogP contribution in [0, 0.1) is 5.92 Å². The zero-order chi connectivity index (χ0) is 15.2. The van der Waals surface area contributed by atoms with Gasteiger partial charge in [-0.05, 0) is 30.7 Å². The number of carbonyl (C=O) groups is 2. The lowest BCUT2D eigenvalue weighted by molar-refractivity contribution is -0.139. The van der Waals surface area contributed by atoms with Crippen LogP contribution in [0.5, 0.6) is 0 Å². The summed E-state index contributed by atoms with van der Waals surface area (Å²) in [5.74, 6) is -0.947. The van der Waals surface area contributed by atoms with Crippen molar-refractivity contribution in [1.29, 1.82) is 0 Å². The SMILES string of the molecule is O=C(O)CCC(=O)N[C@@H](Cc1ccccc1)C1CC(O)C1. The first-order valence-electron chi connectivity index (χ1n) is 7.27. The second-order valence-corrected chi connectivity index (χ2v) is 5.64. The molecule has 0 spiro atoms. The van der Waals surface area contributed by atoms with Gasteiger partial charge in [0, 0.05) is 12.5 Å². The monoisotopic (exact) mass is 291 g/mol. The summed E-state index contributed by atoms with van der Waals surface area (Å²) in [7, 11) is 0. The number of hydrogen-bond donors (Lipinski definition) is 3. The third-order valence-corrected chi connectivity index (χ3v) is 3.93. The lowest BCUT2D eigenvalue weighted by Gasteiger charge is -2.38. The largest absolute Gasteiger partial charge is 0.481 e. The number of aliphatic hydroxyl groups excluding tert-OH is 1. The summed E-state index contributed by atoms with van der Waals surface area (Å²) in [5, 5.41) is 21.0. The molecule has 1 aliphatic carbocycles. The van der Waals surface area contributed by atoms with Gasteiger partial charge in [-0.2, -0.15) is 0 Å². The van der Waals surface area contributed by atoms with Gasteiger partial charge in [-0.3, -0.25) is 9.59 Å². The van der Waals surface area contributed by atoms with E-state index in [0.717, 1.165) is 5.56 Å². The minimum atomic E-state index is -0.969. The maximum Gasteiger partial charge on any atom is 0.303 e. The number of hydrogen-bond acceptors (Lipinski definition) is 3. The molecule has 2 rings (SSSR count). The van der Waals surface area contributed by atoms with Crippen LogP contribution in [0.3, 0.4) is 0 Å². The molecule has 0 heterocycles. The van der Waals surface area contributed by atoms with E-state index in [0.29, 0.717) is 19.3 Å². The third-order valence-electron chi connectivity index (χ3n) is 3.93. The van der Waals surface area contributed by atoms with Gasteiger partial charge in [0.05, 0.1) is 12.5 Å². The van der Waals surface area contributed by atoms with E-state index in [9.17, 15) is 14.7 Å². The van der Waals surface area contributed by atoms with Crippen LogP contribution in [0.1, 0.15) is 31.2 Å². The van der Waals surface area contributed by atoms with Crippen molar-refractivity contribution in [3.63, 3.8) is 0 Å². The number of carboxylic acid groups (broad SMARTS) is 1. The molecule has 0 aromatic heterocycles. The van der Waals surface area contributed by atoms with Crippen LogP contribution in [0.25, 0.3) is 0 Å². The predicted octanol–water partition coefficient (Wildman–Crippen LogP) is 1.35. The molecule has 1 aromatic carbocycles. The quantitative estimate of drug-likeness (QED) is 0.707. The highest BCUT2D eigenvalue weighted by atomic mass is 16.4. The first-order valence-corrected chi connectivity index (χ1v) is 7.27. The highest BCUT2D eigenvalue weighted by Crippen LogP contribution is 2.31. The van der Waals surface area contributed by atoms with E-state index in [1.165, 1.54) is 0 Å².